The molecule has 2 aromatic rings. The highest BCUT2D eigenvalue weighted by atomic mass is 32.2. The second-order valence-corrected chi connectivity index (χ2v) is 10.5. The van der Waals surface area contributed by atoms with Crippen LogP contribution in [-0.2, 0) is 14.8 Å². The average Bonchev–Trinajstić information content (AvgIpc) is 3.39. The van der Waals surface area contributed by atoms with Gasteiger partial charge in [0.25, 0.3) is 15.9 Å². The van der Waals surface area contributed by atoms with Crippen LogP contribution in [0, 0.1) is 17.3 Å². The van der Waals surface area contributed by atoms with Crippen molar-refractivity contribution in [2.75, 3.05) is 26.2 Å². The van der Waals surface area contributed by atoms with E-state index in [1.165, 1.54) is 11.3 Å². The summed E-state index contributed by atoms with van der Waals surface area (Å²) in [7, 11) is -3.39. The summed E-state index contributed by atoms with van der Waals surface area (Å²) in [6.45, 7) is 2.39. The quantitative estimate of drug-likeness (QED) is 0.710. The van der Waals surface area contributed by atoms with Crippen molar-refractivity contribution in [2.24, 2.45) is 5.41 Å². The van der Waals surface area contributed by atoms with E-state index >= 15 is 0 Å². The van der Waals surface area contributed by atoms with Crippen LogP contribution < -0.4 is 0 Å². The largest absolute Gasteiger partial charge is 0.331 e. The average molecular weight is 415 g/mol. The molecule has 2 aliphatic heterocycles. The standard InChI is InChI=1S/C21H22N2O3S2/c24-19(9-8-18-5-2-1-3-6-18)22-13-10-21(17-22)11-14-23(15-12-21)28(25,26)20-7-4-16-27-20/h1-7,16H,10-15,17H2. The number of rotatable bonds is 2. The number of carbonyl (C=O) groups excluding carboxylic acids is 1. The lowest BCUT2D eigenvalue weighted by molar-refractivity contribution is -0.124. The van der Waals surface area contributed by atoms with Crippen LogP contribution in [0.3, 0.4) is 0 Å². The maximum atomic E-state index is 12.7. The number of hydrogen-bond donors (Lipinski definition) is 0. The highest BCUT2D eigenvalue weighted by Crippen LogP contribution is 2.41. The summed E-state index contributed by atoms with van der Waals surface area (Å²) < 4.78 is 27.4. The molecule has 2 fully saturated rings. The molecule has 1 aromatic heterocycles. The third-order valence-electron chi connectivity index (χ3n) is 5.69. The van der Waals surface area contributed by atoms with E-state index in [4.69, 9.17) is 0 Å². The molecule has 3 heterocycles. The van der Waals surface area contributed by atoms with E-state index in [0.717, 1.165) is 24.8 Å². The Hall–Kier alpha value is -2.14. The molecule has 5 nitrogen and oxygen atoms in total. The van der Waals surface area contributed by atoms with E-state index in [2.05, 4.69) is 11.8 Å². The molecule has 0 unspecified atom stereocenters. The Morgan fingerprint density at radius 3 is 2.39 bits per heavy atom. The summed E-state index contributed by atoms with van der Waals surface area (Å²) in [6, 6.07) is 12.9. The minimum atomic E-state index is -3.39. The fourth-order valence-corrected chi connectivity index (χ4v) is 6.57. The fraction of sp³-hybridized carbons (Fsp3) is 0.381. The molecule has 0 N–H and O–H groups in total. The number of sulfonamides is 1. The molecule has 2 aliphatic rings. The van der Waals surface area contributed by atoms with Crippen LogP contribution in [0.4, 0.5) is 0 Å². The molecule has 4 rings (SSSR count). The van der Waals surface area contributed by atoms with Crippen molar-refractivity contribution in [1.29, 1.82) is 0 Å². The zero-order chi connectivity index (χ0) is 19.6. The Morgan fingerprint density at radius 2 is 1.71 bits per heavy atom. The van der Waals surface area contributed by atoms with Gasteiger partial charge in [0, 0.05) is 37.7 Å². The fourth-order valence-electron chi connectivity index (χ4n) is 3.98. The van der Waals surface area contributed by atoms with Gasteiger partial charge < -0.3 is 4.90 Å². The Kier molecular flexibility index (Phi) is 5.28. The van der Waals surface area contributed by atoms with Gasteiger partial charge in [0.1, 0.15) is 4.21 Å². The van der Waals surface area contributed by atoms with Crippen molar-refractivity contribution < 1.29 is 13.2 Å². The van der Waals surface area contributed by atoms with Gasteiger partial charge in [-0.1, -0.05) is 30.2 Å². The lowest BCUT2D eigenvalue weighted by Crippen LogP contribution is -2.44. The minimum Gasteiger partial charge on any atom is -0.331 e. The number of piperidine rings is 1. The summed E-state index contributed by atoms with van der Waals surface area (Å²) >= 11 is 1.26. The SMILES string of the molecule is O=C(C#Cc1ccccc1)N1CCC2(CCN(S(=O)(=O)c3cccs3)CC2)C1. The smallest absolute Gasteiger partial charge is 0.298 e. The molecule has 7 heteroatoms. The van der Waals surface area contributed by atoms with E-state index in [0.29, 0.717) is 30.4 Å². The van der Waals surface area contributed by atoms with Crippen molar-refractivity contribution >= 4 is 27.3 Å². The van der Waals surface area contributed by atoms with Crippen LogP contribution in [-0.4, -0.2) is 49.7 Å². The van der Waals surface area contributed by atoms with Crippen LogP contribution in [0.2, 0.25) is 0 Å². The van der Waals surface area contributed by atoms with Crippen molar-refractivity contribution in [3.63, 3.8) is 0 Å². The van der Waals surface area contributed by atoms with Crippen molar-refractivity contribution in [2.45, 2.75) is 23.5 Å². The molecule has 0 atom stereocenters. The zero-order valence-corrected chi connectivity index (χ0v) is 17.1. The Balaban J connectivity index is 1.37. The first-order valence-electron chi connectivity index (χ1n) is 9.38. The lowest BCUT2D eigenvalue weighted by atomic mass is 9.78. The van der Waals surface area contributed by atoms with Gasteiger partial charge in [-0.2, -0.15) is 4.31 Å². The molecule has 0 saturated carbocycles. The summed E-state index contributed by atoms with van der Waals surface area (Å²) in [5.41, 5.74) is 0.850. The molecule has 28 heavy (non-hydrogen) atoms. The number of thiophene rings is 1. The van der Waals surface area contributed by atoms with Crippen molar-refractivity contribution in [3.8, 4) is 11.8 Å². The van der Waals surface area contributed by atoms with Gasteiger partial charge in [0.05, 0.1) is 0 Å². The first kappa shape index (κ1) is 19.2. The zero-order valence-electron chi connectivity index (χ0n) is 15.5. The molecule has 1 aromatic carbocycles. The number of hydrogen-bond acceptors (Lipinski definition) is 4. The molecule has 2 saturated heterocycles. The maximum Gasteiger partial charge on any atom is 0.298 e. The normalized spacial score (nSPS) is 19.4. The summed E-state index contributed by atoms with van der Waals surface area (Å²) in [4.78, 5) is 14.3. The van der Waals surface area contributed by atoms with Gasteiger partial charge in [-0.25, -0.2) is 8.42 Å². The molecule has 146 valence electrons. The van der Waals surface area contributed by atoms with Gasteiger partial charge in [-0.3, -0.25) is 4.79 Å². The van der Waals surface area contributed by atoms with Gasteiger partial charge in [0.15, 0.2) is 0 Å². The summed E-state index contributed by atoms with van der Waals surface area (Å²) in [6.07, 6.45) is 2.49. The molecule has 0 radical (unpaired) electrons. The van der Waals surface area contributed by atoms with Crippen LogP contribution in [0.5, 0.6) is 0 Å². The lowest BCUT2D eigenvalue weighted by Gasteiger charge is -2.38. The second-order valence-electron chi connectivity index (χ2n) is 7.43. The van der Waals surface area contributed by atoms with Crippen molar-refractivity contribution in [1.82, 2.24) is 9.21 Å². The Morgan fingerprint density at radius 1 is 1.00 bits per heavy atom. The first-order chi connectivity index (χ1) is 13.5. The van der Waals surface area contributed by atoms with Gasteiger partial charge >= 0.3 is 0 Å². The van der Waals surface area contributed by atoms with Crippen LogP contribution in [0.15, 0.2) is 52.1 Å². The van der Waals surface area contributed by atoms with E-state index in [9.17, 15) is 13.2 Å². The van der Waals surface area contributed by atoms with E-state index in [-0.39, 0.29) is 11.3 Å². The van der Waals surface area contributed by atoms with Gasteiger partial charge in [0.2, 0.25) is 0 Å². The van der Waals surface area contributed by atoms with Gasteiger partial charge in [-0.15, -0.1) is 11.3 Å². The number of nitrogens with zero attached hydrogens (tertiary/aromatic N) is 2. The molecular weight excluding hydrogens is 392 g/mol. The topological polar surface area (TPSA) is 57.7 Å². The molecule has 0 aliphatic carbocycles. The van der Waals surface area contributed by atoms with Crippen LogP contribution in [0.25, 0.3) is 0 Å². The highest BCUT2D eigenvalue weighted by molar-refractivity contribution is 7.91. The molecule has 1 amide bonds. The molecule has 1 spiro atoms. The number of likely N-dealkylation sites (tertiary alicyclic amines) is 1. The second kappa shape index (κ2) is 7.70. The van der Waals surface area contributed by atoms with Crippen molar-refractivity contribution in [3.05, 3.63) is 53.4 Å². The van der Waals surface area contributed by atoms with Crippen LogP contribution in [0.1, 0.15) is 24.8 Å². The summed E-state index contributed by atoms with van der Waals surface area (Å²) in [5.74, 6) is 5.53. The predicted molar refractivity (Wildman–Crippen MR) is 109 cm³/mol. The first-order valence-corrected chi connectivity index (χ1v) is 11.7. The Bertz CT molecular complexity index is 997. The third-order valence-corrected chi connectivity index (χ3v) is 8.96. The van der Waals surface area contributed by atoms with E-state index in [1.54, 1.807) is 21.8 Å². The Labute approximate surface area is 170 Å². The molecule has 0 bridgehead atoms. The van der Waals surface area contributed by atoms with E-state index < -0.39 is 10.0 Å². The van der Waals surface area contributed by atoms with Crippen LogP contribution >= 0.6 is 11.3 Å². The number of benzene rings is 1. The van der Waals surface area contributed by atoms with Gasteiger partial charge in [-0.05, 0) is 48.3 Å². The predicted octanol–water partition coefficient (Wildman–Crippen LogP) is 2.80. The van der Waals surface area contributed by atoms with E-state index in [1.807, 2.05) is 35.2 Å². The number of amides is 1. The summed E-state index contributed by atoms with van der Waals surface area (Å²) in [5, 5.41) is 1.79. The number of carbonyl (C=O) groups is 1. The monoisotopic (exact) mass is 414 g/mol. The third kappa shape index (κ3) is 3.86. The maximum absolute atomic E-state index is 12.7. The minimum absolute atomic E-state index is 0.0194. The highest BCUT2D eigenvalue weighted by Gasteiger charge is 2.44. The molecular formula is C21H22N2O3S2.